The van der Waals surface area contributed by atoms with E-state index in [1.54, 1.807) is 18.7 Å². The first-order chi connectivity index (χ1) is 14.0. The van der Waals surface area contributed by atoms with Crippen molar-refractivity contribution in [1.82, 2.24) is 14.5 Å². The van der Waals surface area contributed by atoms with E-state index in [2.05, 4.69) is 4.98 Å². The van der Waals surface area contributed by atoms with Gasteiger partial charge in [-0.2, -0.15) is 0 Å². The van der Waals surface area contributed by atoms with Gasteiger partial charge in [0.05, 0.1) is 42.3 Å². The molecule has 29 heavy (non-hydrogen) atoms. The molecule has 0 aliphatic carbocycles. The van der Waals surface area contributed by atoms with Crippen molar-refractivity contribution < 1.29 is 19.1 Å². The maximum Gasteiger partial charge on any atom is 0.309 e. The van der Waals surface area contributed by atoms with Crippen molar-refractivity contribution in [2.75, 3.05) is 32.9 Å². The fourth-order valence-corrected chi connectivity index (χ4v) is 4.66. The van der Waals surface area contributed by atoms with Crippen LogP contribution in [-0.4, -0.2) is 59.2 Å². The summed E-state index contributed by atoms with van der Waals surface area (Å²) in [5, 5.41) is 0.499. The van der Waals surface area contributed by atoms with Crippen molar-refractivity contribution in [2.24, 2.45) is 5.92 Å². The Labute approximate surface area is 173 Å². The van der Waals surface area contributed by atoms with E-state index < -0.39 is 0 Å². The Hall–Kier alpha value is -2.26. The average molecular weight is 422 g/mol. The third-order valence-corrected chi connectivity index (χ3v) is 6.38. The van der Waals surface area contributed by atoms with Crippen molar-refractivity contribution in [3.05, 3.63) is 27.1 Å². The molecule has 0 bridgehead atoms. The van der Waals surface area contributed by atoms with E-state index in [9.17, 15) is 14.4 Å². The Bertz CT molecular complexity index is 943. The van der Waals surface area contributed by atoms with Gasteiger partial charge in [-0.15, -0.1) is 11.3 Å². The lowest BCUT2D eigenvalue weighted by atomic mass is 9.97. The zero-order chi connectivity index (χ0) is 21.0. The third kappa shape index (κ3) is 4.51. The molecule has 3 rings (SSSR count). The van der Waals surface area contributed by atoms with E-state index in [0.717, 1.165) is 0 Å². The molecule has 0 saturated carbocycles. The average Bonchev–Trinajstić information content (AvgIpc) is 3.07. The number of amides is 1. The van der Waals surface area contributed by atoms with Crippen molar-refractivity contribution in [3.63, 3.8) is 0 Å². The summed E-state index contributed by atoms with van der Waals surface area (Å²) >= 11 is 1.25. The molecular weight excluding hydrogens is 394 g/mol. The molecule has 0 radical (unpaired) electrons. The maximum atomic E-state index is 13.1. The van der Waals surface area contributed by atoms with Gasteiger partial charge in [-0.1, -0.05) is 0 Å². The van der Waals surface area contributed by atoms with Crippen LogP contribution in [0.1, 0.15) is 41.9 Å². The van der Waals surface area contributed by atoms with Gasteiger partial charge in [0, 0.05) is 19.7 Å². The number of hydrogen-bond donors (Lipinski definition) is 0. The number of carbonyl (C=O) groups excluding carboxylic acids is 2. The van der Waals surface area contributed by atoms with E-state index in [4.69, 9.17) is 9.47 Å². The van der Waals surface area contributed by atoms with Gasteiger partial charge in [0.1, 0.15) is 4.83 Å². The summed E-state index contributed by atoms with van der Waals surface area (Å²) in [6.45, 7) is 8.32. The maximum absolute atomic E-state index is 13.1. The van der Waals surface area contributed by atoms with E-state index in [0.29, 0.717) is 73.0 Å². The lowest BCUT2D eigenvalue weighted by Crippen LogP contribution is -2.40. The van der Waals surface area contributed by atoms with Crippen LogP contribution in [0.5, 0.6) is 0 Å². The van der Waals surface area contributed by atoms with Crippen LogP contribution in [-0.2, 0) is 20.8 Å². The predicted octanol–water partition coefficient (Wildman–Crippen LogP) is 2.22. The van der Waals surface area contributed by atoms with E-state index in [-0.39, 0.29) is 23.4 Å². The van der Waals surface area contributed by atoms with Gasteiger partial charge in [-0.3, -0.25) is 19.0 Å². The Kier molecular flexibility index (Phi) is 7.02. The number of esters is 1. The largest absolute Gasteiger partial charge is 0.466 e. The molecule has 1 saturated heterocycles. The molecule has 1 amide bonds. The molecular formula is C20H27N3O5S. The number of likely N-dealkylation sites (tertiary alicyclic amines) is 1. The summed E-state index contributed by atoms with van der Waals surface area (Å²) in [6.07, 6.45) is 2.70. The lowest BCUT2D eigenvalue weighted by molar-refractivity contribution is -0.149. The molecule has 0 unspecified atom stereocenters. The number of carbonyl (C=O) groups is 2. The highest BCUT2D eigenvalue weighted by Gasteiger charge is 2.30. The van der Waals surface area contributed by atoms with Gasteiger partial charge in [0.15, 0.2) is 0 Å². The minimum atomic E-state index is -0.186. The van der Waals surface area contributed by atoms with Gasteiger partial charge in [0.25, 0.3) is 11.5 Å². The van der Waals surface area contributed by atoms with E-state index in [1.165, 1.54) is 22.2 Å². The fourth-order valence-electron chi connectivity index (χ4n) is 3.55. The summed E-state index contributed by atoms with van der Waals surface area (Å²) in [6, 6.07) is 0. The second kappa shape index (κ2) is 9.49. The number of nitrogens with zero attached hydrogens (tertiary/aromatic N) is 3. The monoisotopic (exact) mass is 421 g/mol. The van der Waals surface area contributed by atoms with Crippen LogP contribution >= 0.6 is 11.3 Å². The van der Waals surface area contributed by atoms with Crippen molar-refractivity contribution in [2.45, 2.75) is 40.2 Å². The Balaban J connectivity index is 1.77. The molecule has 1 aliphatic rings. The number of ether oxygens (including phenoxy) is 2. The number of fused-ring (bicyclic) bond motifs is 1. The highest BCUT2D eigenvalue weighted by atomic mass is 32.1. The first kappa shape index (κ1) is 21.4. The second-order valence-corrected chi connectivity index (χ2v) is 7.99. The molecule has 2 aromatic heterocycles. The van der Waals surface area contributed by atoms with Crippen molar-refractivity contribution >= 4 is 33.4 Å². The first-order valence-electron chi connectivity index (χ1n) is 10.00. The molecule has 8 nitrogen and oxygen atoms in total. The summed E-state index contributed by atoms with van der Waals surface area (Å²) in [5.74, 6) is -0.441. The van der Waals surface area contributed by atoms with E-state index in [1.807, 2.05) is 6.92 Å². The molecule has 1 fully saturated rings. The number of rotatable bonds is 7. The highest BCUT2D eigenvalue weighted by Crippen LogP contribution is 2.29. The molecule has 0 N–H and O–H groups in total. The lowest BCUT2D eigenvalue weighted by Gasteiger charge is -2.30. The van der Waals surface area contributed by atoms with Crippen LogP contribution in [0.3, 0.4) is 0 Å². The Morgan fingerprint density at radius 2 is 1.97 bits per heavy atom. The zero-order valence-corrected chi connectivity index (χ0v) is 17.9. The number of aromatic nitrogens is 2. The van der Waals surface area contributed by atoms with Crippen LogP contribution in [0, 0.1) is 12.8 Å². The highest BCUT2D eigenvalue weighted by molar-refractivity contribution is 7.20. The van der Waals surface area contributed by atoms with Gasteiger partial charge >= 0.3 is 5.97 Å². The van der Waals surface area contributed by atoms with Crippen LogP contribution in [0.15, 0.2) is 11.1 Å². The molecule has 3 heterocycles. The summed E-state index contributed by atoms with van der Waals surface area (Å²) in [4.78, 5) is 45.0. The van der Waals surface area contributed by atoms with Gasteiger partial charge in [-0.05, 0) is 39.2 Å². The fraction of sp³-hybridized carbons (Fsp3) is 0.600. The minimum Gasteiger partial charge on any atom is -0.466 e. The summed E-state index contributed by atoms with van der Waals surface area (Å²) < 4.78 is 11.9. The molecule has 2 aromatic rings. The van der Waals surface area contributed by atoms with Gasteiger partial charge in [0.2, 0.25) is 0 Å². The molecule has 1 aliphatic heterocycles. The van der Waals surface area contributed by atoms with Crippen molar-refractivity contribution in [3.8, 4) is 0 Å². The SMILES string of the molecule is CCOCCn1cnc2sc(C(=O)N3CCC(C(=O)OCC)CC3)c(C)c2c1=O. The summed E-state index contributed by atoms with van der Waals surface area (Å²) in [7, 11) is 0. The Morgan fingerprint density at radius 3 is 2.62 bits per heavy atom. The Morgan fingerprint density at radius 1 is 1.24 bits per heavy atom. The number of hydrogen-bond acceptors (Lipinski definition) is 7. The number of aryl methyl sites for hydroxylation is 1. The topological polar surface area (TPSA) is 90.7 Å². The van der Waals surface area contributed by atoms with Crippen LogP contribution in [0.2, 0.25) is 0 Å². The van der Waals surface area contributed by atoms with Gasteiger partial charge < -0.3 is 14.4 Å². The van der Waals surface area contributed by atoms with Crippen LogP contribution < -0.4 is 5.56 Å². The molecule has 158 valence electrons. The smallest absolute Gasteiger partial charge is 0.309 e. The minimum absolute atomic E-state index is 0.104. The molecule has 0 spiro atoms. The molecule has 9 heteroatoms. The van der Waals surface area contributed by atoms with Crippen LogP contribution in [0.25, 0.3) is 10.2 Å². The standard InChI is InChI=1S/C20H27N3O5S/c1-4-27-11-10-23-12-21-17-15(18(23)24)13(3)16(29-17)19(25)22-8-6-14(7-9-22)20(26)28-5-2/h12,14H,4-11H2,1-3H3. The molecule has 0 aromatic carbocycles. The zero-order valence-electron chi connectivity index (χ0n) is 17.1. The summed E-state index contributed by atoms with van der Waals surface area (Å²) in [5.41, 5.74) is 0.522. The van der Waals surface area contributed by atoms with Crippen molar-refractivity contribution in [1.29, 1.82) is 0 Å². The predicted molar refractivity (Wildman–Crippen MR) is 110 cm³/mol. The number of thiophene rings is 1. The normalized spacial score (nSPS) is 15.1. The van der Waals surface area contributed by atoms with Gasteiger partial charge in [-0.25, -0.2) is 4.98 Å². The number of piperidine rings is 1. The quantitative estimate of drug-likeness (QED) is 0.503. The molecule has 0 atom stereocenters. The second-order valence-electron chi connectivity index (χ2n) is 6.99. The third-order valence-electron chi connectivity index (χ3n) is 5.19. The van der Waals surface area contributed by atoms with Crippen LogP contribution in [0.4, 0.5) is 0 Å². The first-order valence-corrected chi connectivity index (χ1v) is 10.8. The van der Waals surface area contributed by atoms with E-state index >= 15 is 0 Å².